The van der Waals surface area contributed by atoms with Gasteiger partial charge in [-0.1, -0.05) is 76.7 Å². The van der Waals surface area contributed by atoms with Gasteiger partial charge in [0.1, 0.15) is 5.75 Å². The minimum absolute atomic E-state index is 0.0300. The second-order valence-corrected chi connectivity index (χ2v) is 10.8. The zero-order chi connectivity index (χ0) is 23.3. The molecule has 0 N–H and O–H groups in total. The van der Waals surface area contributed by atoms with Crippen LogP contribution in [0.4, 0.5) is 0 Å². The van der Waals surface area contributed by atoms with Crippen molar-refractivity contribution in [2.45, 2.75) is 117 Å². The largest absolute Gasteiger partial charge is 0.426 e. The fourth-order valence-electron chi connectivity index (χ4n) is 5.72. The Kier molecular flexibility index (Phi) is 11.6. The van der Waals surface area contributed by atoms with Crippen LogP contribution in [0.5, 0.6) is 5.75 Å². The minimum atomic E-state index is -0.0300. The lowest BCUT2D eigenvalue weighted by Crippen LogP contribution is -2.25. The summed E-state index contributed by atoms with van der Waals surface area (Å²) in [6.07, 6.45) is 25.3. The van der Waals surface area contributed by atoms with Gasteiger partial charge in [0.2, 0.25) is 0 Å². The number of unbranched alkanes of at least 4 members (excludes halogenated alkanes) is 4. The molecule has 3 rings (SSSR count). The monoisotopic (exact) mass is 452 g/mol. The molecule has 0 atom stereocenters. The average Bonchev–Trinajstić information content (AvgIpc) is 2.85. The Morgan fingerprint density at radius 1 is 0.788 bits per heavy atom. The van der Waals surface area contributed by atoms with Crippen LogP contribution in [0.1, 0.15) is 116 Å². The van der Waals surface area contributed by atoms with Crippen LogP contribution in [0, 0.1) is 23.7 Å². The van der Waals surface area contributed by atoms with E-state index in [-0.39, 0.29) is 11.9 Å². The van der Waals surface area contributed by atoms with Crippen molar-refractivity contribution in [2.75, 3.05) is 0 Å². The zero-order valence-corrected chi connectivity index (χ0v) is 21.4. The highest BCUT2D eigenvalue weighted by atomic mass is 16.5. The van der Waals surface area contributed by atoms with E-state index in [0.29, 0.717) is 11.7 Å². The number of hydrogen-bond acceptors (Lipinski definition) is 2. The van der Waals surface area contributed by atoms with E-state index in [1.54, 1.807) is 0 Å². The Morgan fingerprint density at radius 3 is 1.97 bits per heavy atom. The topological polar surface area (TPSA) is 26.3 Å². The molecule has 33 heavy (non-hydrogen) atoms. The fourth-order valence-corrected chi connectivity index (χ4v) is 5.72. The SMILES string of the molecule is CCCCCc1ccc(OC(=O)[C@H]2CC[C@H](/C=C/[C@H]3CC[C@H](CCCCC)CC3)CC2)cc1. The van der Waals surface area contributed by atoms with Crippen LogP contribution in [-0.4, -0.2) is 5.97 Å². The standard InChI is InChI=1S/C31H48O2/c1-3-5-7-9-25-11-13-27(14-12-25)15-16-28-17-21-29(22-18-28)31(32)33-30-23-19-26(20-24-30)10-8-6-4-2/h15-16,19-20,23-25,27-29H,3-14,17-18,21-22H2,1-2H3/b16-15+/t25-,27-,28-,29-. The molecule has 0 heterocycles. The Bertz CT molecular complexity index is 688. The fraction of sp³-hybridized carbons (Fsp3) is 0.710. The van der Waals surface area contributed by atoms with E-state index in [1.807, 2.05) is 12.1 Å². The maximum Gasteiger partial charge on any atom is 0.314 e. The van der Waals surface area contributed by atoms with Gasteiger partial charge in [-0.2, -0.15) is 0 Å². The smallest absolute Gasteiger partial charge is 0.314 e. The molecule has 0 bridgehead atoms. The van der Waals surface area contributed by atoms with Crippen molar-refractivity contribution in [1.29, 1.82) is 0 Å². The molecule has 2 saturated carbocycles. The molecule has 0 spiro atoms. The molecule has 0 unspecified atom stereocenters. The molecule has 2 heteroatoms. The predicted molar refractivity (Wildman–Crippen MR) is 139 cm³/mol. The first-order chi connectivity index (χ1) is 16.2. The highest BCUT2D eigenvalue weighted by Crippen LogP contribution is 2.35. The van der Waals surface area contributed by atoms with Crippen LogP contribution in [0.3, 0.4) is 0 Å². The predicted octanol–water partition coefficient (Wildman–Crippen LogP) is 9.07. The van der Waals surface area contributed by atoms with E-state index in [0.717, 1.165) is 43.9 Å². The number of carbonyl (C=O) groups is 1. The normalized spacial score (nSPS) is 25.9. The van der Waals surface area contributed by atoms with Gasteiger partial charge in [0.15, 0.2) is 0 Å². The summed E-state index contributed by atoms with van der Waals surface area (Å²) in [7, 11) is 0. The molecular formula is C31H48O2. The van der Waals surface area contributed by atoms with Gasteiger partial charge in [0.25, 0.3) is 0 Å². The van der Waals surface area contributed by atoms with Crippen molar-refractivity contribution < 1.29 is 9.53 Å². The number of rotatable bonds is 12. The van der Waals surface area contributed by atoms with Gasteiger partial charge >= 0.3 is 5.97 Å². The van der Waals surface area contributed by atoms with E-state index in [4.69, 9.17) is 4.74 Å². The quantitative estimate of drug-likeness (QED) is 0.137. The lowest BCUT2D eigenvalue weighted by molar-refractivity contribution is -0.140. The second-order valence-electron chi connectivity index (χ2n) is 10.8. The average molecular weight is 453 g/mol. The molecule has 2 nitrogen and oxygen atoms in total. The Balaban J connectivity index is 1.33. The van der Waals surface area contributed by atoms with Gasteiger partial charge in [-0.3, -0.25) is 4.79 Å². The first-order valence-corrected chi connectivity index (χ1v) is 14.2. The summed E-state index contributed by atoms with van der Waals surface area (Å²) in [6, 6.07) is 8.15. The van der Waals surface area contributed by atoms with Gasteiger partial charge in [0, 0.05) is 0 Å². The first kappa shape index (κ1) is 26.0. The van der Waals surface area contributed by atoms with Crippen LogP contribution in [0.25, 0.3) is 0 Å². The van der Waals surface area contributed by atoms with Crippen LogP contribution >= 0.6 is 0 Å². The van der Waals surface area contributed by atoms with Gasteiger partial charge in [0.05, 0.1) is 5.92 Å². The van der Waals surface area contributed by atoms with Crippen molar-refractivity contribution in [3.05, 3.63) is 42.0 Å². The summed E-state index contributed by atoms with van der Waals surface area (Å²) >= 11 is 0. The van der Waals surface area contributed by atoms with Crippen LogP contribution < -0.4 is 4.74 Å². The molecule has 184 valence electrons. The number of ether oxygens (including phenoxy) is 1. The lowest BCUT2D eigenvalue weighted by atomic mass is 9.78. The molecule has 1 aromatic carbocycles. The summed E-state index contributed by atoms with van der Waals surface area (Å²) in [5.41, 5.74) is 1.33. The number of aryl methyl sites for hydroxylation is 1. The number of esters is 1. The van der Waals surface area contributed by atoms with Crippen molar-refractivity contribution >= 4 is 5.97 Å². The zero-order valence-electron chi connectivity index (χ0n) is 21.4. The molecule has 2 aliphatic carbocycles. The minimum Gasteiger partial charge on any atom is -0.426 e. The number of allylic oxidation sites excluding steroid dienone is 2. The molecular weight excluding hydrogens is 404 g/mol. The van der Waals surface area contributed by atoms with Gasteiger partial charge in [-0.25, -0.2) is 0 Å². The number of hydrogen-bond donors (Lipinski definition) is 0. The Labute approximate surface area is 203 Å². The molecule has 2 aliphatic rings. The lowest BCUT2D eigenvalue weighted by Gasteiger charge is -2.28. The van der Waals surface area contributed by atoms with E-state index in [2.05, 4.69) is 38.1 Å². The Morgan fingerprint density at radius 2 is 1.36 bits per heavy atom. The summed E-state index contributed by atoms with van der Waals surface area (Å²) in [4.78, 5) is 12.7. The second kappa shape index (κ2) is 14.6. The third kappa shape index (κ3) is 9.30. The molecule has 1 aromatic rings. The van der Waals surface area contributed by atoms with Gasteiger partial charge in [-0.05, 0) is 99.7 Å². The van der Waals surface area contributed by atoms with E-state index in [1.165, 1.54) is 76.2 Å². The van der Waals surface area contributed by atoms with Gasteiger partial charge < -0.3 is 4.74 Å². The molecule has 0 radical (unpaired) electrons. The van der Waals surface area contributed by atoms with Gasteiger partial charge in [-0.15, -0.1) is 0 Å². The highest BCUT2D eigenvalue weighted by molar-refractivity contribution is 5.75. The van der Waals surface area contributed by atoms with E-state index < -0.39 is 0 Å². The van der Waals surface area contributed by atoms with Crippen molar-refractivity contribution in [3.63, 3.8) is 0 Å². The molecule has 0 aromatic heterocycles. The molecule has 0 aliphatic heterocycles. The summed E-state index contributed by atoms with van der Waals surface area (Å²) in [5.74, 6) is 3.17. The van der Waals surface area contributed by atoms with Crippen molar-refractivity contribution in [1.82, 2.24) is 0 Å². The summed E-state index contributed by atoms with van der Waals surface area (Å²) in [6.45, 7) is 4.53. The molecule has 0 amide bonds. The Hall–Kier alpha value is -1.57. The number of carbonyl (C=O) groups excluding carboxylic acids is 1. The van der Waals surface area contributed by atoms with Crippen LogP contribution in [-0.2, 0) is 11.2 Å². The first-order valence-electron chi connectivity index (χ1n) is 14.2. The summed E-state index contributed by atoms with van der Waals surface area (Å²) in [5, 5.41) is 0. The van der Waals surface area contributed by atoms with E-state index in [9.17, 15) is 4.79 Å². The summed E-state index contributed by atoms with van der Waals surface area (Å²) < 4.78 is 5.71. The maximum absolute atomic E-state index is 12.7. The van der Waals surface area contributed by atoms with Crippen molar-refractivity contribution in [3.8, 4) is 5.75 Å². The van der Waals surface area contributed by atoms with Crippen LogP contribution in [0.2, 0.25) is 0 Å². The molecule has 2 fully saturated rings. The third-order valence-corrected chi connectivity index (χ3v) is 8.08. The van der Waals surface area contributed by atoms with Crippen molar-refractivity contribution in [2.24, 2.45) is 23.7 Å². The molecule has 0 saturated heterocycles. The van der Waals surface area contributed by atoms with E-state index >= 15 is 0 Å². The van der Waals surface area contributed by atoms with Crippen LogP contribution in [0.15, 0.2) is 36.4 Å². The third-order valence-electron chi connectivity index (χ3n) is 8.08. The maximum atomic E-state index is 12.7. The highest BCUT2D eigenvalue weighted by Gasteiger charge is 2.27. The number of benzene rings is 1.